The fourth-order valence-electron chi connectivity index (χ4n) is 2.87. The second kappa shape index (κ2) is 8.21. The molecule has 1 aromatic rings. The van der Waals surface area contributed by atoms with Crippen molar-refractivity contribution in [3.8, 4) is 0 Å². The van der Waals surface area contributed by atoms with Crippen LogP contribution < -0.4 is 16.5 Å². The fourth-order valence-corrected chi connectivity index (χ4v) is 6.26. The van der Waals surface area contributed by atoms with Crippen LogP contribution in [0.25, 0.3) is 0 Å². The van der Waals surface area contributed by atoms with Crippen LogP contribution in [0.5, 0.6) is 0 Å². The molecule has 3 rings (SSSR count). The SMILES string of the molecule is CC(C)OC(=O)C(C)N[P+]1(O)OC[C@H]2S[C@@H](n3ccc(N)nc3=O)[C@@H](F)[C@@H]2O1. The van der Waals surface area contributed by atoms with Crippen molar-refractivity contribution in [2.45, 2.75) is 55.8 Å². The molecular weight excluding hydrogens is 414 g/mol. The number of aromatic nitrogens is 2. The summed E-state index contributed by atoms with van der Waals surface area (Å²) in [4.78, 5) is 38.2. The number of nitrogens with one attached hydrogen (secondary N) is 1. The number of ether oxygens (including phenoxy) is 1. The van der Waals surface area contributed by atoms with Crippen molar-refractivity contribution in [1.29, 1.82) is 0 Å². The smallest absolute Gasteiger partial charge is 0.462 e. The van der Waals surface area contributed by atoms with E-state index in [0.717, 1.165) is 16.3 Å². The zero-order chi connectivity index (χ0) is 20.6. The summed E-state index contributed by atoms with van der Waals surface area (Å²) in [7, 11) is -3.69. The van der Waals surface area contributed by atoms with Crippen LogP contribution in [-0.4, -0.2) is 56.7 Å². The molecule has 6 atom stereocenters. The van der Waals surface area contributed by atoms with E-state index in [1.165, 1.54) is 19.2 Å². The molecule has 1 aromatic heterocycles. The molecule has 2 aliphatic heterocycles. The fraction of sp³-hybridized carbons (Fsp3) is 0.667. The molecule has 2 saturated heterocycles. The van der Waals surface area contributed by atoms with E-state index >= 15 is 4.39 Å². The maximum absolute atomic E-state index is 15.1. The van der Waals surface area contributed by atoms with Gasteiger partial charge in [0, 0.05) is 6.20 Å². The van der Waals surface area contributed by atoms with E-state index < -0.39 is 48.7 Å². The Labute approximate surface area is 165 Å². The van der Waals surface area contributed by atoms with Crippen molar-refractivity contribution >= 4 is 31.6 Å². The predicted octanol–water partition coefficient (Wildman–Crippen LogP) is 0.793. The summed E-state index contributed by atoms with van der Waals surface area (Å²) in [6.45, 7) is 4.88. The lowest BCUT2D eigenvalue weighted by Gasteiger charge is -2.30. The van der Waals surface area contributed by atoms with Gasteiger partial charge in [0.2, 0.25) is 0 Å². The van der Waals surface area contributed by atoms with Crippen molar-refractivity contribution in [3.05, 3.63) is 22.7 Å². The molecule has 2 unspecified atom stereocenters. The van der Waals surface area contributed by atoms with Crippen LogP contribution >= 0.6 is 19.9 Å². The Morgan fingerprint density at radius 1 is 1.57 bits per heavy atom. The Hall–Kier alpha value is -1.30. The van der Waals surface area contributed by atoms with Gasteiger partial charge in [0.1, 0.15) is 23.8 Å². The van der Waals surface area contributed by atoms with Gasteiger partial charge < -0.3 is 10.5 Å². The average Bonchev–Trinajstić information content (AvgIpc) is 2.90. The first kappa shape index (κ1) is 21.4. The molecule has 156 valence electrons. The number of carbonyl (C=O) groups is 1. The van der Waals surface area contributed by atoms with Gasteiger partial charge in [0.25, 0.3) is 0 Å². The lowest BCUT2D eigenvalue weighted by molar-refractivity contribution is -0.149. The third kappa shape index (κ3) is 4.47. The summed E-state index contributed by atoms with van der Waals surface area (Å²) < 4.78 is 32.2. The number of anilines is 1. The maximum atomic E-state index is 15.1. The highest BCUT2D eigenvalue weighted by molar-refractivity contribution is 8.00. The van der Waals surface area contributed by atoms with Crippen LogP contribution in [0.2, 0.25) is 0 Å². The third-order valence-electron chi connectivity index (χ3n) is 4.13. The number of nitrogens with zero attached hydrogens (tertiary/aromatic N) is 2. The molecule has 2 aliphatic rings. The largest absolute Gasteiger partial charge is 0.500 e. The number of thioether (sulfide) groups is 1. The molecule has 0 radical (unpaired) electrons. The molecule has 0 aliphatic carbocycles. The Bertz CT molecular complexity index is 800. The molecule has 13 heteroatoms. The number of hydrogen-bond donors (Lipinski definition) is 3. The molecule has 0 spiro atoms. The van der Waals surface area contributed by atoms with Crippen LogP contribution in [0.3, 0.4) is 0 Å². The topological polar surface area (TPSA) is 138 Å². The van der Waals surface area contributed by atoms with E-state index in [-0.39, 0.29) is 18.5 Å². The lowest BCUT2D eigenvalue weighted by Crippen LogP contribution is -2.45. The summed E-state index contributed by atoms with van der Waals surface area (Å²) in [5, 5.41) is 1.25. The second-order valence-electron chi connectivity index (χ2n) is 6.77. The second-order valence-corrected chi connectivity index (χ2v) is 9.90. The van der Waals surface area contributed by atoms with Gasteiger partial charge in [-0.1, -0.05) is 0 Å². The van der Waals surface area contributed by atoms with Crippen molar-refractivity contribution in [1.82, 2.24) is 14.6 Å². The molecule has 10 nitrogen and oxygen atoms in total. The first-order chi connectivity index (χ1) is 13.1. The van der Waals surface area contributed by atoms with Crippen LogP contribution in [0, 0.1) is 0 Å². The lowest BCUT2D eigenvalue weighted by atomic mass is 10.1. The molecule has 2 fully saturated rings. The summed E-state index contributed by atoms with van der Waals surface area (Å²) in [6.07, 6.45) is -1.58. The van der Waals surface area contributed by atoms with Crippen molar-refractivity contribution < 1.29 is 27.9 Å². The highest BCUT2D eigenvalue weighted by Gasteiger charge is 2.61. The van der Waals surface area contributed by atoms with Gasteiger partial charge in [-0.05, 0) is 26.8 Å². The Balaban J connectivity index is 1.70. The van der Waals surface area contributed by atoms with Gasteiger partial charge >= 0.3 is 19.8 Å². The number of esters is 1. The first-order valence-electron chi connectivity index (χ1n) is 8.67. The Morgan fingerprint density at radius 3 is 2.93 bits per heavy atom. The molecule has 0 amide bonds. The number of nitrogens with two attached hydrogens (primary N) is 1. The number of rotatable bonds is 5. The summed E-state index contributed by atoms with van der Waals surface area (Å²) in [6, 6.07) is 0.491. The highest BCUT2D eigenvalue weighted by atomic mass is 32.2. The van der Waals surface area contributed by atoms with Gasteiger partial charge in [0.15, 0.2) is 12.3 Å². The van der Waals surface area contributed by atoms with Crippen molar-refractivity contribution in [2.75, 3.05) is 12.3 Å². The molecule has 0 aromatic carbocycles. The van der Waals surface area contributed by atoms with Gasteiger partial charge in [0.05, 0.1) is 11.4 Å². The van der Waals surface area contributed by atoms with Crippen molar-refractivity contribution in [3.63, 3.8) is 0 Å². The zero-order valence-corrected chi connectivity index (χ0v) is 17.2. The van der Waals surface area contributed by atoms with Crippen molar-refractivity contribution in [2.24, 2.45) is 0 Å². The number of hydrogen-bond acceptors (Lipinski definition) is 10. The van der Waals surface area contributed by atoms with Gasteiger partial charge in [-0.2, -0.15) is 18.9 Å². The molecule has 4 N–H and O–H groups in total. The minimum atomic E-state index is -3.69. The highest BCUT2D eigenvalue weighted by Crippen LogP contribution is 2.62. The quantitative estimate of drug-likeness (QED) is 0.448. The molecule has 3 heterocycles. The van der Waals surface area contributed by atoms with E-state index in [1.807, 2.05) is 0 Å². The molecule has 0 saturated carbocycles. The number of carbonyl (C=O) groups excluding carboxylic acids is 1. The number of nitrogen functional groups attached to an aromatic ring is 1. The summed E-state index contributed by atoms with van der Waals surface area (Å²) in [5.41, 5.74) is 4.80. The normalized spacial score (nSPS) is 33.5. The van der Waals surface area contributed by atoms with Gasteiger partial charge in [-0.25, -0.2) is 9.18 Å². The first-order valence-corrected chi connectivity index (χ1v) is 11.2. The average molecular weight is 437 g/mol. The van der Waals surface area contributed by atoms with E-state index in [4.69, 9.17) is 19.5 Å². The molecule has 28 heavy (non-hydrogen) atoms. The van der Waals surface area contributed by atoms with Crippen LogP contribution in [-0.2, 0) is 18.6 Å². The number of alkyl halides is 1. The maximum Gasteiger partial charge on any atom is 0.500 e. The number of halogens is 1. The van der Waals surface area contributed by atoms with Gasteiger partial charge in [-0.15, -0.1) is 16.8 Å². The molecular formula is C15H23FN4O6PS+. The van der Waals surface area contributed by atoms with Crippen LogP contribution in [0.15, 0.2) is 17.1 Å². The Morgan fingerprint density at radius 2 is 2.29 bits per heavy atom. The number of fused-ring (bicyclic) bond motifs is 1. The minimum Gasteiger partial charge on any atom is -0.462 e. The predicted molar refractivity (Wildman–Crippen MR) is 102 cm³/mol. The van der Waals surface area contributed by atoms with Crippen LogP contribution in [0.4, 0.5) is 10.2 Å². The van der Waals surface area contributed by atoms with E-state index in [9.17, 15) is 14.5 Å². The third-order valence-corrected chi connectivity index (χ3v) is 7.39. The Kier molecular flexibility index (Phi) is 6.28. The summed E-state index contributed by atoms with van der Waals surface area (Å²) >= 11 is 1.15. The van der Waals surface area contributed by atoms with E-state index in [0.29, 0.717) is 0 Å². The summed E-state index contributed by atoms with van der Waals surface area (Å²) in [5.74, 6) is -0.545. The van der Waals surface area contributed by atoms with Crippen LogP contribution in [0.1, 0.15) is 26.1 Å². The standard InChI is InChI=1S/C15H22FN4O6PS/c1-7(2)25-14(21)8(3)19-27(23)24-6-9-12(26-27)11(16)13(28-9)20-5-4-10(17)18-15(20)22/h4-5,7-9,11-13,19,23H,6H2,1-3H3,(H-,17,18,22)/p+1/t8?,9-,11+,12-,13-,27?/m1/s1. The molecule has 0 bridgehead atoms. The van der Waals surface area contributed by atoms with Gasteiger partial charge in [-0.3, -0.25) is 9.36 Å². The minimum absolute atomic E-state index is 0.00731. The van der Waals surface area contributed by atoms with E-state index in [2.05, 4.69) is 10.1 Å². The monoisotopic (exact) mass is 437 g/mol. The van der Waals surface area contributed by atoms with E-state index in [1.54, 1.807) is 13.8 Å². The zero-order valence-electron chi connectivity index (χ0n) is 15.5.